The predicted molar refractivity (Wildman–Crippen MR) is 154 cm³/mol. The largest absolute Gasteiger partial charge is 0.457 e. The first-order valence-electron chi connectivity index (χ1n) is 12.8. The zero-order valence-corrected chi connectivity index (χ0v) is 25.0. The molecule has 1 aliphatic heterocycles. The third kappa shape index (κ3) is 4.91. The Morgan fingerprint density at radius 3 is 2.64 bits per heavy atom. The van der Waals surface area contributed by atoms with Crippen LogP contribution in [-0.4, -0.2) is 73.7 Å². The number of carbonyl (C=O) groups excluding carboxylic acids is 3. The van der Waals surface area contributed by atoms with Gasteiger partial charge < -0.3 is 24.2 Å². The number of carbonyl (C=O) groups is 3. The Balaban J connectivity index is 1.97. The molecular weight excluding hydrogens is 615 g/mol. The van der Waals surface area contributed by atoms with Crippen LogP contribution in [0.3, 0.4) is 0 Å². The molecule has 1 N–H and O–H groups in total. The summed E-state index contributed by atoms with van der Waals surface area (Å²) < 4.78 is 17.3. The van der Waals surface area contributed by atoms with Gasteiger partial charge in [-0.15, -0.1) is 0 Å². The van der Waals surface area contributed by atoms with Gasteiger partial charge in [0.15, 0.2) is 0 Å². The number of hydrogen-bond donors (Lipinski definition) is 1. The van der Waals surface area contributed by atoms with Crippen LogP contribution in [0.5, 0.6) is 0 Å². The molecule has 3 aliphatic rings. The van der Waals surface area contributed by atoms with Gasteiger partial charge in [0, 0.05) is 59.8 Å². The third-order valence-corrected chi connectivity index (χ3v) is 8.46. The van der Waals surface area contributed by atoms with E-state index in [0.717, 1.165) is 9.13 Å². The number of anilines is 1. The molecule has 1 fully saturated rings. The lowest BCUT2D eigenvalue weighted by Crippen LogP contribution is -2.54. The fourth-order valence-electron chi connectivity index (χ4n) is 6.28. The molecule has 1 aromatic carbocycles. The number of methoxy groups -OCH3 is 1. The van der Waals surface area contributed by atoms with Gasteiger partial charge in [0.2, 0.25) is 5.91 Å². The summed E-state index contributed by atoms with van der Waals surface area (Å²) in [4.78, 5) is 43.8. The van der Waals surface area contributed by atoms with Gasteiger partial charge in [0.25, 0.3) is 0 Å². The maximum Gasteiger partial charge on any atom is 0.410 e. The number of allylic oxidation sites excluding steroid dienone is 1. The average Bonchev–Trinajstić information content (AvgIpc) is 3.22. The number of aliphatic hydroxyl groups is 1. The fourth-order valence-corrected chi connectivity index (χ4v) is 7.21. The molecule has 0 radical (unpaired) electrons. The van der Waals surface area contributed by atoms with Crippen molar-refractivity contribution in [3.8, 4) is 0 Å². The standard InChI is InChI=1S/C29H35IN2O7/c1-7-13-38-27(36)31(5)25-19(15-33)17-11-12-29(23(25)18(17)14-22(34)39-28(2,3)4)24-20(30)9-8-10-21(24)32(16-37-6)26(29)35/h7-12,14,17,19,23,25,33H,1,13,15-16H2,2-6H3/b18-14-/t17-,19-,23-,25+,29-/m0/s1. The summed E-state index contributed by atoms with van der Waals surface area (Å²) in [5.41, 5.74) is 0.141. The van der Waals surface area contributed by atoms with E-state index in [2.05, 4.69) is 29.2 Å². The Kier molecular flexibility index (Phi) is 8.30. The molecular formula is C29H35IN2O7. The van der Waals surface area contributed by atoms with E-state index >= 15 is 0 Å². The van der Waals surface area contributed by atoms with Crippen molar-refractivity contribution in [2.24, 2.45) is 17.8 Å². The number of ether oxygens (including phenoxy) is 3. The number of aliphatic hydroxyl groups excluding tert-OH is 1. The molecule has 5 atom stereocenters. The number of amides is 2. The number of rotatable bonds is 7. The molecule has 2 amide bonds. The van der Waals surface area contributed by atoms with Crippen LogP contribution >= 0.6 is 22.6 Å². The summed E-state index contributed by atoms with van der Waals surface area (Å²) in [6.07, 6.45) is 6.08. The van der Waals surface area contributed by atoms with Crippen molar-refractivity contribution in [3.63, 3.8) is 0 Å². The minimum absolute atomic E-state index is 0.0130. The van der Waals surface area contributed by atoms with Gasteiger partial charge in [0.05, 0.1) is 5.69 Å². The van der Waals surface area contributed by atoms with Crippen molar-refractivity contribution in [3.05, 3.63) is 63.8 Å². The second kappa shape index (κ2) is 11.1. The lowest BCUT2D eigenvalue weighted by molar-refractivity contribution is -0.148. The van der Waals surface area contributed by atoms with Crippen molar-refractivity contribution in [2.45, 2.75) is 37.8 Å². The summed E-state index contributed by atoms with van der Waals surface area (Å²) in [5.74, 6) is -2.34. The van der Waals surface area contributed by atoms with Crippen molar-refractivity contribution in [2.75, 3.05) is 39.0 Å². The predicted octanol–water partition coefficient (Wildman–Crippen LogP) is 3.79. The van der Waals surface area contributed by atoms with Crippen LogP contribution in [0.4, 0.5) is 10.5 Å². The highest BCUT2D eigenvalue weighted by atomic mass is 127. The minimum atomic E-state index is -1.25. The van der Waals surface area contributed by atoms with E-state index in [-0.39, 0.29) is 25.9 Å². The SMILES string of the molecule is C=CCOC(=O)N(C)[C@@H]1[C@@H](CO)[C@H]2C=C[C@]3(C(=O)N(COC)c4cccc(I)c43)[C@H]1/C2=C\C(=O)OC(C)(C)C. The van der Waals surface area contributed by atoms with E-state index in [4.69, 9.17) is 14.2 Å². The molecule has 0 aromatic heterocycles. The highest BCUT2D eigenvalue weighted by molar-refractivity contribution is 14.1. The van der Waals surface area contributed by atoms with Gasteiger partial charge in [-0.2, -0.15) is 0 Å². The monoisotopic (exact) mass is 650 g/mol. The van der Waals surface area contributed by atoms with Crippen molar-refractivity contribution in [1.82, 2.24) is 4.90 Å². The van der Waals surface area contributed by atoms with Gasteiger partial charge in [-0.25, -0.2) is 9.59 Å². The van der Waals surface area contributed by atoms with E-state index < -0.39 is 46.9 Å². The summed E-state index contributed by atoms with van der Waals surface area (Å²) in [6, 6.07) is 5.01. The molecule has 2 bridgehead atoms. The molecule has 0 unspecified atom stereocenters. The minimum Gasteiger partial charge on any atom is -0.457 e. The first kappa shape index (κ1) is 29.3. The number of hydrogen-bond acceptors (Lipinski definition) is 7. The summed E-state index contributed by atoms with van der Waals surface area (Å²) in [5, 5.41) is 10.6. The van der Waals surface area contributed by atoms with Crippen molar-refractivity contribution >= 4 is 46.2 Å². The van der Waals surface area contributed by atoms with Gasteiger partial charge in [-0.1, -0.05) is 30.9 Å². The Morgan fingerprint density at radius 2 is 2.03 bits per heavy atom. The third-order valence-electron chi connectivity index (χ3n) is 7.56. The number of benzene rings is 1. The lowest BCUT2D eigenvalue weighted by Gasteiger charge is -2.41. The van der Waals surface area contributed by atoms with Crippen LogP contribution in [-0.2, 0) is 29.2 Å². The van der Waals surface area contributed by atoms with Crippen LogP contribution in [0.15, 0.2) is 54.7 Å². The Morgan fingerprint density at radius 1 is 1.31 bits per heavy atom. The summed E-state index contributed by atoms with van der Waals surface area (Å²) in [6.45, 7) is 8.73. The zero-order chi connectivity index (χ0) is 28.7. The van der Waals surface area contributed by atoms with E-state index in [1.165, 1.54) is 24.2 Å². The number of halogens is 1. The van der Waals surface area contributed by atoms with Gasteiger partial charge in [0.1, 0.15) is 24.4 Å². The Bertz CT molecular complexity index is 1240. The van der Waals surface area contributed by atoms with E-state index in [1.807, 2.05) is 30.4 Å². The molecule has 0 saturated heterocycles. The molecule has 4 rings (SSSR count). The molecule has 210 valence electrons. The molecule has 2 aliphatic carbocycles. The van der Waals surface area contributed by atoms with Crippen molar-refractivity contribution in [1.29, 1.82) is 0 Å². The second-order valence-electron chi connectivity index (χ2n) is 11.0. The van der Waals surface area contributed by atoms with Crippen LogP contribution in [0.25, 0.3) is 0 Å². The highest BCUT2D eigenvalue weighted by Gasteiger charge is 2.66. The van der Waals surface area contributed by atoms with Gasteiger partial charge >= 0.3 is 12.1 Å². The molecule has 1 saturated carbocycles. The molecule has 9 nitrogen and oxygen atoms in total. The molecule has 1 heterocycles. The number of fused-ring (bicyclic) bond motifs is 5. The average molecular weight is 651 g/mol. The normalized spacial score (nSPS) is 28.1. The van der Waals surface area contributed by atoms with Crippen LogP contribution in [0, 0.1) is 21.3 Å². The molecule has 1 aromatic rings. The molecule has 39 heavy (non-hydrogen) atoms. The van der Waals surface area contributed by atoms with E-state index in [0.29, 0.717) is 11.3 Å². The second-order valence-corrected chi connectivity index (χ2v) is 12.2. The Hall–Kier alpha value is -2.70. The smallest absolute Gasteiger partial charge is 0.410 e. The van der Waals surface area contributed by atoms with E-state index in [1.54, 1.807) is 32.7 Å². The molecule has 1 spiro atoms. The van der Waals surface area contributed by atoms with E-state index in [9.17, 15) is 19.5 Å². The van der Waals surface area contributed by atoms with Crippen molar-refractivity contribution < 1.29 is 33.7 Å². The zero-order valence-electron chi connectivity index (χ0n) is 22.8. The number of esters is 1. The quantitative estimate of drug-likeness (QED) is 0.207. The fraction of sp³-hybridized carbons (Fsp3) is 0.483. The summed E-state index contributed by atoms with van der Waals surface area (Å²) in [7, 11) is 3.12. The van der Waals surface area contributed by atoms with Crippen LogP contribution < -0.4 is 4.90 Å². The van der Waals surface area contributed by atoms with Gasteiger partial charge in [-0.3, -0.25) is 9.69 Å². The summed E-state index contributed by atoms with van der Waals surface area (Å²) >= 11 is 2.22. The highest BCUT2D eigenvalue weighted by Crippen LogP contribution is 2.61. The maximum atomic E-state index is 14.5. The molecule has 10 heteroatoms. The first-order chi connectivity index (χ1) is 18.4. The van der Waals surface area contributed by atoms with Crippen LogP contribution in [0.2, 0.25) is 0 Å². The lowest BCUT2D eigenvalue weighted by atomic mass is 9.64. The van der Waals surface area contributed by atoms with Gasteiger partial charge in [-0.05, 0) is 61.1 Å². The topological polar surface area (TPSA) is 106 Å². The maximum absolute atomic E-state index is 14.5. The number of nitrogens with zero attached hydrogens (tertiary/aromatic N) is 2. The first-order valence-corrected chi connectivity index (χ1v) is 13.9. The van der Waals surface area contributed by atoms with Crippen LogP contribution in [0.1, 0.15) is 26.3 Å². The Labute approximate surface area is 242 Å².